The Balaban J connectivity index is 0.000000739. The summed E-state index contributed by atoms with van der Waals surface area (Å²) in [7, 11) is 0. The molecule has 0 unspecified atom stereocenters. The molecule has 4 aromatic rings. The summed E-state index contributed by atoms with van der Waals surface area (Å²) in [6.07, 6.45) is 1.25. The molecule has 3 nitrogen and oxygen atoms in total. The van der Waals surface area contributed by atoms with Crippen LogP contribution in [0, 0.1) is 18.6 Å². The van der Waals surface area contributed by atoms with Crippen molar-refractivity contribution in [3.05, 3.63) is 70.0 Å². The maximum atomic E-state index is 14.5. The predicted molar refractivity (Wildman–Crippen MR) is 107 cm³/mol. The number of pyridine rings is 1. The number of benzene rings is 2. The highest BCUT2D eigenvalue weighted by Crippen LogP contribution is 2.32. The molecule has 0 aliphatic carbocycles. The molecule has 138 valence electrons. The molecule has 2 N–H and O–H groups in total. The maximum Gasteiger partial charge on any atom is 0.249 e. The first kappa shape index (κ1) is 17.9. The lowest BCUT2D eigenvalue weighted by Gasteiger charge is -2.06. The van der Waals surface area contributed by atoms with Crippen LogP contribution >= 0.6 is 0 Å². The van der Waals surface area contributed by atoms with E-state index >= 15 is 0 Å². The molecule has 0 saturated carbocycles. The van der Waals surface area contributed by atoms with Crippen LogP contribution in [0.3, 0.4) is 0 Å². The van der Waals surface area contributed by atoms with Gasteiger partial charge in [-0.25, -0.2) is 8.78 Å². The molecule has 2 heterocycles. The van der Waals surface area contributed by atoms with Gasteiger partial charge in [0.2, 0.25) is 5.56 Å². The lowest BCUT2D eigenvalue weighted by atomic mass is 10.0. The number of hydrogen-bond donors (Lipinski definition) is 2. The lowest BCUT2D eigenvalue weighted by molar-refractivity contribution is 0.622. The van der Waals surface area contributed by atoms with Crippen molar-refractivity contribution in [3.8, 4) is 11.1 Å². The molecule has 0 saturated heterocycles. The van der Waals surface area contributed by atoms with Crippen LogP contribution < -0.4 is 5.56 Å². The Labute approximate surface area is 152 Å². The van der Waals surface area contributed by atoms with Crippen LogP contribution in [0.25, 0.3) is 33.1 Å². The Morgan fingerprint density at radius 1 is 0.962 bits per heavy atom. The van der Waals surface area contributed by atoms with E-state index in [1.54, 1.807) is 31.2 Å². The second-order valence-electron chi connectivity index (χ2n) is 6.26. The molecule has 5 heteroatoms. The van der Waals surface area contributed by atoms with Crippen LogP contribution in [0.1, 0.15) is 28.7 Å². The van der Waals surface area contributed by atoms with Gasteiger partial charge in [0.1, 0.15) is 11.6 Å². The smallest absolute Gasteiger partial charge is 0.249 e. The topological polar surface area (TPSA) is 48.6 Å². The van der Waals surface area contributed by atoms with E-state index < -0.39 is 5.82 Å². The van der Waals surface area contributed by atoms with Crippen LogP contribution in [0.2, 0.25) is 0 Å². The van der Waals surface area contributed by atoms with E-state index in [1.807, 2.05) is 0 Å². The van der Waals surface area contributed by atoms with Gasteiger partial charge in [-0.1, -0.05) is 38.5 Å². The average molecular weight is 358 g/mol. The number of hydrogen-bond acceptors (Lipinski definition) is 1. The van der Waals surface area contributed by atoms with E-state index in [0.29, 0.717) is 38.6 Å². The van der Waals surface area contributed by atoms with Gasteiger partial charge in [0.25, 0.3) is 0 Å². The Morgan fingerprint density at radius 2 is 1.69 bits per heavy atom. The number of aryl methyl sites for hydroxylation is 1. The molecule has 0 atom stereocenters. The summed E-state index contributed by atoms with van der Waals surface area (Å²) in [5.74, 6) is -0.768. The molecular formula is C21H24F2N2O. The number of aromatic nitrogens is 2. The molecule has 0 fully saturated rings. The summed E-state index contributed by atoms with van der Waals surface area (Å²) >= 11 is 0. The minimum absolute atomic E-state index is 0. The van der Waals surface area contributed by atoms with Crippen LogP contribution in [-0.2, 0) is 0 Å². The third-order valence-electron chi connectivity index (χ3n) is 4.04. The van der Waals surface area contributed by atoms with Crippen LogP contribution in [0.4, 0.5) is 8.78 Å². The van der Waals surface area contributed by atoms with E-state index in [1.165, 1.54) is 24.6 Å². The summed E-state index contributed by atoms with van der Waals surface area (Å²) in [4.78, 5) is 17.9. The number of nitrogens with one attached hydrogen (secondary N) is 2. The molecule has 4 rings (SSSR count). The minimum Gasteiger partial charge on any atom is -0.353 e. The van der Waals surface area contributed by atoms with Gasteiger partial charge in [0.05, 0.1) is 11.0 Å². The van der Waals surface area contributed by atoms with E-state index in [-0.39, 0.29) is 14.2 Å². The first-order valence-electron chi connectivity index (χ1n) is 8.56. The second-order valence-corrected chi connectivity index (χ2v) is 6.26. The summed E-state index contributed by atoms with van der Waals surface area (Å²) in [6, 6.07) is 10.7. The first-order chi connectivity index (χ1) is 12.5. The number of aromatic amines is 2. The molecule has 2 aromatic carbocycles. The van der Waals surface area contributed by atoms with Crippen molar-refractivity contribution in [2.24, 2.45) is 0 Å². The largest absolute Gasteiger partial charge is 0.353 e. The minimum atomic E-state index is -0.397. The van der Waals surface area contributed by atoms with Crippen molar-refractivity contribution in [2.75, 3.05) is 0 Å². The van der Waals surface area contributed by atoms with Crippen LogP contribution in [-0.4, -0.2) is 9.97 Å². The Morgan fingerprint density at radius 3 is 2.42 bits per heavy atom. The standard InChI is InChI=1S/C18H12F2N2O.C3H8.2H2/c1-9-3-2-4-11(16(9)20)12-8-15(23)22-18-13-7-10(19)5-6-14(13)21-17(12)18;1-3-2;;/h2-8,21H,1H3,(H,22,23);3H2,1-2H3;2*1H. The monoisotopic (exact) mass is 358 g/mol. The zero-order chi connectivity index (χ0) is 18.8. The molecule has 0 radical (unpaired) electrons. The van der Waals surface area contributed by atoms with Crippen molar-refractivity contribution in [1.82, 2.24) is 9.97 Å². The average Bonchev–Trinajstić information content (AvgIpc) is 2.95. The zero-order valence-electron chi connectivity index (χ0n) is 14.9. The molecule has 0 aliphatic rings. The van der Waals surface area contributed by atoms with E-state index in [9.17, 15) is 13.6 Å². The normalized spacial score (nSPS) is 10.8. The molecule has 2 aromatic heterocycles. The van der Waals surface area contributed by atoms with Crippen molar-refractivity contribution in [2.45, 2.75) is 27.2 Å². The lowest BCUT2D eigenvalue weighted by Crippen LogP contribution is -2.05. The summed E-state index contributed by atoms with van der Waals surface area (Å²) in [6.45, 7) is 5.92. The van der Waals surface area contributed by atoms with Gasteiger partial charge in [-0.3, -0.25) is 4.79 Å². The summed E-state index contributed by atoms with van der Waals surface area (Å²) < 4.78 is 28.0. The molecule has 0 aliphatic heterocycles. The molecular weight excluding hydrogens is 334 g/mol. The van der Waals surface area contributed by atoms with Gasteiger partial charge in [-0.05, 0) is 30.7 Å². The summed E-state index contributed by atoms with van der Waals surface area (Å²) in [5, 5.41) is 0.562. The molecule has 0 spiro atoms. The number of halogens is 2. The van der Waals surface area contributed by atoms with Gasteiger partial charge in [0.15, 0.2) is 0 Å². The van der Waals surface area contributed by atoms with Crippen molar-refractivity contribution in [1.29, 1.82) is 0 Å². The highest BCUT2D eigenvalue weighted by molar-refractivity contribution is 6.09. The fourth-order valence-corrected chi connectivity index (χ4v) is 2.93. The Bertz CT molecular complexity index is 1150. The third kappa shape index (κ3) is 3.12. The fourth-order valence-electron chi connectivity index (χ4n) is 2.93. The molecule has 0 amide bonds. The van der Waals surface area contributed by atoms with Gasteiger partial charge < -0.3 is 9.97 Å². The predicted octanol–water partition coefficient (Wildman–Crippen LogP) is 6.17. The Hall–Kier alpha value is -2.95. The second kappa shape index (κ2) is 7.12. The van der Waals surface area contributed by atoms with Crippen LogP contribution in [0.5, 0.6) is 0 Å². The first-order valence-corrected chi connectivity index (χ1v) is 8.56. The third-order valence-corrected chi connectivity index (χ3v) is 4.04. The highest BCUT2D eigenvalue weighted by atomic mass is 19.1. The number of rotatable bonds is 1. The number of fused-ring (bicyclic) bond motifs is 3. The van der Waals surface area contributed by atoms with Gasteiger partial charge in [0, 0.05) is 30.9 Å². The van der Waals surface area contributed by atoms with E-state index in [2.05, 4.69) is 23.8 Å². The maximum absolute atomic E-state index is 14.5. The zero-order valence-corrected chi connectivity index (χ0v) is 14.9. The molecule has 26 heavy (non-hydrogen) atoms. The van der Waals surface area contributed by atoms with Gasteiger partial charge in [-0.15, -0.1) is 0 Å². The van der Waals surface area contributed by atoms with Crippen molar-refractivity contribution < 1.29 is 11.6 Å². The Kier molecular flexibility index (Phi) is 4.89. The quantitative estimate of drug-likeness (QED) is 0.420. The van der Waals surface area contributed by atoms with Crippen LogP contribution in [0.15, 0.2) is 47.3 Å². The molecule has 0 bridgehead atoms. The van der Waals surface area contributed by atoms with Gasteiger partial charge in [-0.2, -0.15) is 0 Å². The van der Waals surface area contributed by atoms with E-state index in [4.69, 9.17) is 0 Å². The summed E-state index contributed by atoms with van der Waals surface area (Å²) in [5.41, 5.74) is 2.67. The fraction of sp³-hybridized carbons (Fsp3) is 0.190. The van der Waals surface area contributed by atoms with Crippen molar-refractivity contribution >= 4 is 21.9 Å². The van der Waals surface area contributed by atoms with E-state index in [0.717, 1.165) is 0 Å². The highest BCUT2D eigenvalue weighted by Gasteiger charge is 2.15. The van der Waals surface area contributed by atoms with Crippen molar-refractivity contribution in [3.63, 3.8) is 0 Å². The number of H-pyrrole nitrogens is 2. The van der Waals surface area contributed by atoms with Gasteiger partial charge >= 0.3 is 0 Å². The SMILES string of the molecule is CCC.Cc1cccc(-c2cc(=O)[nH]c3c2[nH]c2ccc(F)cc23)c1F.[HH].[HH].